The molecule has 1 fully saturated rings. The van der Waals surface area contributed by atoms with Crippen LogP contribution in [-0.4, -0.2) is 21.4 Å². The topological polar surface area (TPSA) is 107 Å². The normalized spacial score (nSPS) is 17.1. The largest absolute Gasteiger partial charge is 0.368 e. The van der Waals surface area contributed by atoms with E-state index in [-0.39, 0.29) is 22.9 Å². The van der Waals surface area contributed by atoms with Crippen LogP contribution in [0.4, 0.5) is 17.5 Å². The number of rotatable bonds is 6. The number of nitrogens with one attached hydrogen (secondary N) is 1. The third kappa shape index (κ3) is 3.80. The van der Waals surface area contributed by atoms with E-state index < -0.39 is 4.92 Å². The molecule has 1 saturated carbocycles. The molecule has 1 aromatic rings. The van der Waals surface area contributed by atoms with Gasteiger partial charge >= 0.3 is 5.69 Å². The molecule has 7 nitrogen and oxygen atoms in total. The average molecular weight is 293 g/mol. The number of nitrogen functional groups attached to an aromatic ring is 1. The summed E-state index contributed by atoms with van der Waals surface area (Å²) in [4.78, 5) is 18.2. The van der Waals surface area contributed by atoms with Crippen molar-refractivity contribution in [1.82, 2.24) is 9.97 Å². The summed E-state index contributed by atoms with van der Waals surface area (Å²) < 4.78 is 0. The minimum absolute atomic E-state index is 0.0485. The fourth-order valence-corrected chi connectivity index (χ4v) is 3.37. The Bertz CT molecular complexity index is 512. The number of anilines is 2. The van der Waals surface area contributed by atoms with Crippen molar-refractivity contribution in [2.75, 3.05) is 17.6 Å². The first-order valence-corrected chi connectivity index (χ1v) is 7.43. The second-order valence-corrected chi connectivity index (χ2v) is 6.38. The van der Waals surface area contributed by atoms with E-state index in [2.05, 4.69) is 29.1 Å². The Kier molecular flexibility index (Phi) is 4.59. The highest BCUT2D eigenvalue weighted by molar-refractivity contribution is 5.56. The Balaban J connectivity index is 2.14. The van der Waals surface area contributed by atoms with E-state index in [1.165, 1.54) is 12.8 Å². The predicted molar refractivity (Wildman–Crippen MR) is 81.9 cm³/mol. The fourth-order valence-electron chi connectivity index (χ4n) is 3.37. The van der Waals surface area contributed by atoms with Gasteiger partial charge < -0.3 is 11.1 Å². The maximum absolute atomic E-state index is 11.0. The highest BCUT2D eigenvalue weighted by Crippen LogP contribution is 2.43. The lowest BCUT2D eigenvalue weighted by atomic mass is 9.78. The maximum Gasteiger partial charge on any atom is 0.329 e. The maximum atomic E-state index is 11.0. The third-order valence-corrected chi connectivity index (χ3v) is 4.12. The van der Waals surface area contributed by atoms with Gasteiger partial charge in [0, 0.05) is 6.54 Å². The highest BCUT2D eigenvalue weighted by Gasteiger charge is 2.34. The zero-order valence-electron chi connectivity index (χ0n) is 12.6. The van der Waals surface area contributed by atoms with Crippen LogP contribution in [0.3, 0.4) is 0 Å². The molecule has 0 saturated heterocycles. The van der Waals surface area contributed by atoms with Gasteiger partial charge in [-0.1, -0.05) is 26.7 Å². The molecule has 0 spiro atoms. The summed E-state index contributed by atoms with van der Waals surface area (Å²) in [5.41, 5.74) is 5.63. The second-order valence-electron chi connectivity index (χ2n) is 6.38. The molecule has 0 radical (unpaired) electrons. The van der Waals surface area contributed by atoms with Gasteiger partial charge in [-0.05, 0) is 30.6 Å². The van der Waals surface area contributed by atoms with Gasteiger partial charge in [-0.15, -0.1) is 0 Å². The summed E-state index contributed by atoms with van der Waals surface area (Å²) in [5.74, 6) is 0.880. The lowest BCUT2D eigenvalue weighted by molar-refractivity contribution is -0.384. The first-order chi connectivity index (χ1) is 9.92. The van der Waals surface area contributed by atoms with Crippen LogP contribution in [0.5, 0.6) is 0 Å². The van der Waals surface area contributed by atoms with Crippen LogP contribution in [0, 0.1) is 21.4 Å². The first kappa shape index (κ1) is 15.5. The number of nitrogens with two attached hydrogens (primary N) is 1. The van der Waals surface area contributed by atoms with Crippen LogP contribution in [0.1, 0.15) is 46.0 Å². The van der Waals surface area contributed by atoms with Crippen molar-refractivity contribution in [1.29, 1.82) is 0 Å². The van der Waals surface area contributed by atoms with Crippen LogP contribution in [0.15, 0.2) is 6.20 Å². The average Bonchev–Trinajstić information content (AvgIpc) is 2.84. The lowest BCUT2D eigenvalue weighted by Crippen LogP contribution is -2.29. The molecule has 7 heteroatoms. The molecule has 3 N–H and O–H groups in total. The molecule has 0 atom stereocenters. The van der Waals surface area contributed by atoms with Gasteiger partial charge in [0.15, 0.2) is 0 Å². The molecule has 2 rings (SSSR count). The molecule has 21 heavy (non-hydrogen) atoms. The molecular weight excluding hydrogens is 270 g/mol. The van der Waals surface area contributed by atoms with Gasteiger partial charge in [-0.25, -0.2) is 4.98 Å². The van der Waals surface area contributed by atoms with Crippen molar-refractivity contribution in [2.24, 2.45) is 11.3 Å². The van der Waals surface area contributed by atoms with Crippen molar-refractivity contribution < 1.29 is 4.92 Å². The molecule has 1 heterocycles. The molecular formula is C14H23N5O2. The quantitative estimate of drug-likeness (QED) is 0.616. The zero-order valence-corrected chi connectivity index (χ0v) is 12.6. The summed E-state index contributed by atoms with van der Waals surface area (Å²) in [6, 6.07) is 0. The summed E-state index contributed by atoms with van der Waals surface area (Å²) in [6.07, 6.45) is 7.05. The van der Waals surface area contributed by atoms with Crippen molar-refractivity contribution in [2.45, 2.75) is 46.0 Å². The van der Waals surface area contributed by atoms with Gasteiger partial charge in [0.1, 0.15) is 6.20 Å². The first-order valence-electron chi connectivity index (χ1n) is 7.43. The SMILES string of the molecule is CC(C)CC1(CNc2nc(N)ncc2[N+](=O)[O-])CCCC1. The predicted octanol–water partition coefficient (Wildman–Crippen LogP) is 2.99. The van der Waals surface area contributed by atoms with Crippen LogP contribution in [0.2, 0.25) is 0 Å². The van der Waals surface area contributed by atoms with E-state index in [0.29, 0.717) is 12.5 Å². The van der Waals surface area contributed by atoms with Crippen LogP contribution in [-0.2, 0) is 0 Å². The Morgan fingerprint density at radius 3 is 2.71 bits per heavy atom. The minimum Gasteiger partial charge on any atom is -0.368 e. The van der Waals surface area contributed by atoms with Crippen molar-refractivity contribution in [3.63, 3.8) is 0 Å². The van der Waals surface area contributed by atoms with Crippen LogP contribution >= 0.6 is 0 Å². The van der Waals surface area contributed by atoms with Gasteiger partial charge in [0.2, 0.25) is 11.8 Å². The number of hydrogen-bond acceptors (Lipinski definition) is 6. The molecule has 1 aliphatic rings. The van der Waals surface area contributed by atoms with Crippen LogP contribution < -0.4 is 11.1 Å². The summed E-state index contributed by atoms with van der Waals surface area (Å²) in [7, 11) is 0. The van der Waals surface area contributed by atoms with Gasteiger partial charge in [0.25, 0.3) is 0 Å². The number of aromatic nitrogens is 2. The Labute approximate surface area is 124 Å². The number of nitrogens with zero attached hydrogens (tertiary/aromatic N) is 3. The Morgan fingerprint density at radius 1 is 1.48 bits per heavy atom. The fraction of sp³-hybridized carbons (Fsp3) is 0.714. The Hall–Kier alpha value is -1.92. The molecule has 1 aliphatic carbocycles. The monoisotopic (exact) mass is 293 g/mol. The van der Waals surface area contributed by atoms with Crippen molar-refractivity contribution in [3.8, 4) is 0 Å². The van der Waals surface area contributed by atoms with E-state index in [1.54, 1.807) is 0 Å². The Morgan fingerprint density at radius 2 is 2.14 bits per heavy atom. The van der Waals surface area contributed by atoms with Crippen molar-refractivity contribution in [3.05, 3.63) is 16.3 Å². The zero-order chi connectivity index (χ0) is 15.5. The smallest absolute Gasteiger partial charge is 0.329 e. The number of nitro groups is 1. The highest BCUT2D eigenvalue weighted by atomic mass is 16.6. The molecule has 0 amide bonds. The van der Waals surface area contributed by atoms with E-state index in [9.17, 15) is 10.1 Å². The molecule has 0 aliphatic heterocycles. The molecule has 0 aromatic carbocycles. The summed E-state index contributed by atoms with van der Waals surface area (Å²) in [5, 5.41) is 14.2. The summed E-state index contributed by atoms with van der Waals surface area (Å²) >= 11 is 0. The van der Waals surface area contributed by atoms with E-state index in [4.69, 9.17) is 5.73 Å². The molecule has 116 valence electrons. The van der Waals surface area contributed by atoms with Gasteiger partial charge in [0.05, 0.1) is 4.92 Å². The van der Waals surface area contributed by atoms with E-state index in [1.807, 2.05) is 0 Å². The van der Waals surface area contributed by atoms with Crippen molar-refractivity contribution >= 4 is 17.5 Å². The molecule has 0 bridgehead atoms. The van der Waals surface area contributed by atoms with Gasteiger partial charge in [-0.3, -0.25) is 10.1 Å². The standard InChI is InChI=1S/C14H23N5O2/c1-10(2)7-14(5-3-4-6-14)9-17-12-11(19(20)21)8-16-13(15)18-12/h8,10H,3-7,9H2,1-2H3,(H3,15,16,17,18). The minimum atomic E-state index is -0.481. The van der Waals surface area contributed by atoms with Gasteiger partial charge in [-0.2, -0.15) is 4.98 Å². The molecule has 0 unspecified atom stereocenters. The van der Waals surface area contributed by atoms with E-state index in [0.717, 1.165) is 25.5 Å². The third-order valence-electron chi connectivity index (χ3n) is 4.12. The van der Waals surface area contributed by atoms with E-state index >= 15 is 0 Å². The number of hydrogen-bond donors (Lipinski definition) is 2. The van der Waals surface area contributed by atoms with Crippen LogP contribution in [0.25, 0.3) is 0 Å². The second kappa shape index (κ2) is 6.24. The molecule has 1 aromatic heterocycles. The lowest BCUT2D eigenvalue weighted by Gasteiger charge is -2.31. The summed E-state index contributed by atoms with van der Waals surface area (Å²) in [6.45, 7) is 5.12.